The van der Waals surface area contributed by atoms with Gasteiger partial charge in [-0.1, -0.05) is 42.5 Å². The average molecular weight is 228 g/mol. The number of hydrogen-bond donors (Lipinski definition) is 0. The van der Waals surface area contributed by atoms with Gasteiger partial charge in [-0.2, -0.15) is 0 Å². The van der Waals surface area contributed by atoms with Crippen molar-refractivity contribution in [3.63, 3.8) is 0 Å². The number of carbonyl (C=O) groups is 1. The molecule has 0 aliphatic heterocycles. The summed E-state index contributed by atoms with van der Waals surface area (Å²) < 4.78 is 5.13. The fourth-order valence-corrected chi connectivity index (χ4v) is 1.93. The number of ether oxygens (including phenoxy) is 1. The SMILES string of the molecule is CCOCC(=O)Cc1cccc2ccccc12. The van der Waals surface area contributed by atoms with E-state index in [2.05, 4.69) is 18.2 Å². The molecule has 0 heterocycles. The van der Waals surface area contributed by atoms with Crippen LogP contribution in [-0.2, 0) is 16.0 Å². The molecule has 17 heavy (non-hydrogen) atoms. The molecule has 0 bridgehead atoms. The molecule has 2 rings (SSSR count). The molecule has 0 radical (unpaired) electrons. The smallest absolute Gasteiger partial charge is 0.162 e. The van der Waals surface area contributed by atoms with Gasteiger partial charge in [-0.3, -0.25) is 4.79 Å². The van der Waals surface area contributed by atoms with Crippen molar-refractivity contribution < 1.29 is 9.53 Å². The van der Waals surface area contributed by atoms with Crippen LogP contribution >= 0.6 is 0 Å². The van der Waals surface area contributed by atoms with E-state index in [0.717, 1.165) is 10.9 Å². The zero-order chi connectivity index (χ0) is 12.1. The summed E-state index contributed by atoms with van der Waals surface area (Å²) in [4.78, 5) is 11.7. The zero-order valence-corrected chi connectivity index (χ0v) is 9.98. The van der Waals surface area contributed by atoms with E-state index in [4.69, 9.17) is 4.74 Å². The molecule has 0 aliphatic rings. The summed E-state index contributed by atoms with van der Waals surface area (Å²) in [6.45, 7) is 2.69. The lowest BCUT2D eigenvalue weighted by atomic mass is 10.0. The number of fused-ring (bicyclic) bond motifs is 1. The molecule has 0 spiro atoms. The topological polar surface area (TPSA) is 26.3 Å². The van der Waals surface area contributed by atoms with Gasteiger partial charge in [0.2, 0.25) is 0 Å². The fourth-order valence-electron chi connectivity index (χ4n) is 1.93. The summed E-state index contributed by atoms with van der Waals surface area (Å²) in [7, 11) is 0. The van der Waals surface area contributed by atoms with E-state index >= 15 is 0 Å². The van der Waals surface area contributed by atoms with E-state index in [9.17, 15) is 4.79 Å². The van der Waals surface area contributed by atoms with Crippen LogP contribution in [0.3, 0.4) is 0 Å². The van der Waals surface area contributed by atoms with Gasteiger partial charge in [0.15, 0.2) is 5.78 Å². The highest BCUT2D eigenvalue weighted by atomic mass is 16.5. The minimum atomic E-state index is 0.128. The van der Waals surface area contributed by atoms with Gasteiger partial charge in [0.05, 0.1) is 0 Å². The van der Waals surface area contributed by atoms with E-state index in [-0.39, 0.29) is 12.4 Å². The van der Waals surface area contributed by atoms with Gasteiger partial charge in [0.1, 0.15) is 6.61 Å². The molecule has 0 atom stereocenters. The number of rotatable bonds is 5. The van der Waals surface area contributed by atoms with Crippen LogP contribution in [0.4, 0.5) is 0 Å². The number of carbonyl (C=O) groups excluding carboxylic acids is 1. The van der Waals surface area contributed by atoms with Crippen LogP contribution in [0.25, 0.3) is 10.8 Å². The van der Waals surface area contributed by atoms with Gasteiger partial charge < -0.3 is 4.74 Å². The Labute approximate surface area is 101 Å². The third-order valence-electron chi connectivity index (χ3n) is 2.73. The second kappa shape index (κ2) is 5.60. The van der Waals surface area contributed by atoms with Crippen molar-refractivity contribution in [3.05, 3.63) is 48.0 Å². The molecule has 0 fully saturated rings. The lowest BCUT2D eigenvalue weighted by Crippen LogP contribution is -2.11. The lowest BCUT2D eigenvalue weighted by molar-refractivity contribution is -0.122. The van der Waals surface area contributed by atoms with Crippen LogP contribution in [0, 0.1) is 0 Å². The monoisotopic (exact) mass is 228 g/mol. The Kier molecular flexibility index (Phi) is 3.89. The van der Waals surface area contributed by atoms with Crippen molar-refractivity contribution in [2.24, 2.45) is 0 Å². The molecule has 2 heteroatoms. The van der Waals surface area contributed by atoms with Crippen molar-refractivity contribution in [2.75, 3.05) is 13.2 Å². The van der Waals surface area contributed by atoms with Gasteiger partial charge in [-0.05, 0) is 23.3 Å². The predicted molar refractivity (Wildman–Crippen MR) is 69.2 cm³/mol. The highest BCUT2D eigenvalue weighted by molar-refractivity contribution is 5.91. The molecule has 0 saturated heterocycles. The van der Waals surface area contributed by atoms with Crippen LogP contribution in [0.5, 0.6) is 0 Å². The van der Waals surface area contributed by atoms with Crippen LogP contribution in [-0.4, -0.2) is 19.0 Å². The zero-order valence-electron chi connectivity index (χ0n) is 9.98. The quantitative estimate of drug-likeness (QED) is 0.786. The van der Waals surface area contributed by atoms with E-state index in [1.165, 1.54) is 5.39 Å². The summed E-state index contributed by atoms with van der Waals surface area (Å²) in [6, 6.07) is 14.2. The molecule has 88 valence electrons. The Balaban J connectivity index is 2.21. The normalized spacial score (nSPS) is 10.6. The van der Waals surface area contributed by atoms with Crippen LogP contribution in [0.15, 0.2) is 42.5 Å². The molecule has 0 aliphatic carbocycles. The van der Waals surface area contributed by atoms with Gasteiger partial charge in [-0.15, -0.1) is 0 Å². The minimum Gasteiger partial charge on any atom is -0.374 e. The molecule has 2 aromatic carbocycles. The van der Waals surface area contributed by atoms with Crippen molar-refractivity contribution in [2.45, 2.75) is 13.3 Å². The van der Waals surface area contributed by atoms with Gasteiger partial charge in [0, 0.05) is 13.0 Å². The molecular formula is C15H16O2. The number of Topliss-reactive ketones (excluding diaryl/α,β-unsaturated/α-hetero) is 1. The third kappa shape index (κ3) is 2.92. The summed E-state index contributed by atoms with van der Waals surface area (Å²) in [5.41, 5.74) is 1.08. The first-order valence-electron chi connectivity index (χ1n) is 5.87. The maximum atomic E-state index is 11.7. The Hall–Kier alpha value is -1.67. The second-order valence-corrected chi connectivity index (χ2v) is 3.99. The van der Waals surface area contributed by atoms with Gasteiger partial charge >= 0.3 is 0 Å². The van der Waals surface area contributed by atoms with Gasteiger partial charge in [-0.25, -0.2) is 0 Å². The lowest BCUT2D eigenvalue weighted by Gasteiger charge is -2.06. The van der Waals surface area contributed by atoms with Crippen molar-refractivity contribution in [1.29, 1.82) is 0 Å². The Morgan fingerprint density at radius 3 is 2.71 bits per heavy atom. The molecule has 0 amide bonds. The molecule has 0 aromatic heterocycles. The van der Waals surface area contributed by atoms with E-state index < -0.39 is 0 Å². The highest BCUT2D eigenvalue weighted by Gasteiger charge is 2.06. The standard InChI is InChI=1S/C15H16O2/c1-2-17-11-14(16)10-13-8-5-7-12-6-3-4-9-15(12)13/h3-9H,2,10-11H2,1H3. The number of ketones is 1. The first-order chi connectivity index (χ1) is 8.31. The van der Waals surface area contributed by atoms with Crippen LogP contribution < -0.4 is 0 Å². The predicted octanol–water partition coefficient (Wildman–Crippen LogP) is 2.99. The van der Waals surface area contributed by atoms with Crippen molar-refractivity contribution in [3.8, 4) is 0 Å². The Morgan fingerprint density at radius 2 is 1.88 bits per heavy atom. The highest BCUT2D eigenvalue weighted by Crippen LogP contribution is 2.18. The largest absolute Gasteiger partial charge is 0.374 e. The Morgan fingerprint density at radius 1 is 1.12 bits per heavy atom. The van der Waals surface area contributed by atoms with E-state index in [1.807, 2.05) is 31.2 Å². The molecule has 0 saturated carbocycles. The third-order valence-corrected chi connectivity index (χ3v) is 2.73. The van der Waals surface area contributed by atoms with Crippen LogP contribution in [0.2, 0.25) is 0 Å². The molecule has 0 N–H and O–H groups in total. The first kappa shape index (κ1) is 11.8. The summed E-state index contributed by atoms with van der Waals surface area (Å²) in [6.07, 6.45) is 0.446. The van der Waals surface area contributed by atoms with E-state index in [1.54, 1.807) is 0 Å². The summed E-state index contributed by atoms with van der Waals surface area (Å²) in [5.74, 6) is 0.128. The minimum absolute atomic E-state index is 0.128. The molecule has 2 nitrogen and oxygen atoms in total. The molecule has 2 aromatic rings. The second-order valence-electron chi connectivity index (χ2n) is 3.99. The summed E-state index contributed by atoms with van der Waals surface area (Å²) in [5, 5.41) is 2.33. The van der Waals surface area contributed by atoms with Crippen LogP contribution in [0.1, 0.15) is 12.5 Å². The number of hydrogen-bond acceptors (Lipinski definition) is 2. The summed E-state index contributed by atoms with van der Waals surface area (Å²) >= 11 is 0. The maximum absolute atomic E-state index is 11.7. The van der Waals surface area contributed by atoms with E-state index in [0.29, 0.717) is 13.0 Å². The Bertz CT molecular complexity index is 512. The van der Waals surface area contributed by atoms with Gasteiger partial charge in [0.25, 0.3) is 0 Å². The molecule has 0 unspecified atom stereocenters. The molecular weight excluding hydrogens is 212 g/mol. The van der Waals surface area contributed by atoms with Crippen molar-refractivity contribution >= 4 is 16.6 Å². The number of benzene rings is 2. The fraction of sp³-hybridized carbons (Fsp3) is 0.267. The average Bonchev–Trinajstić information content (AvgIpc) is 2.37. The maximum Gasteiger partial charge on any atom is 0.162 e. The first-order valence-corrected chi connectivity index (χ1v) is 5.87. The van der Waals surface area contributed by atoms with Crippen molar-refractivity contribution in [1.82, 2.24) is 0 Å².